The van der Waals surface area contributed by atoms with Crippen molar-refractivity contribution in [2.45, 2.75) is 24.2 Å². The van der Waals surface area contributed by atoms with Crippen LogP contribution in [0.3, 0.4) is 0 Å². The maximum atomic E-state index is 12.9. The highest BCUT2D eigenvalue weighted by Crippen LogP contribution is 2.53. The first kappa shape index (κ1) is 12.0. The molecule has 0 unspecified atom stereocenters. The third kappa shape index (κ3) is 1.93. The van der Waals surface area contributed by atoms with Crippen LogP contribution in [0.1, 0.15) is 29.2 Å². The van der Waals surface area contributed by atoms with Gasteiger partial charge in [0.15, 0.2) is 0 Å². The Morgan fingerprint density at radius 1 is 1.53 bits per heavy atom. The zero-order chi connectivity index (χ0) is 12.7. The molecule has 0 saturated heterocycles. The van der Waals surface area contributed by atoms with Crippen molar-refractivity contribution in [3.8, 4) is 0 Å². The van der Waals surface area contributed by atoms with Crippen LogP contribution in [0, 0.1) is 0 Å². The molecule has 1 aliphatic carbocycles. The van der Waals surface area contributed by atoms with E-state index in [0.717, 1.165) is 0 Å². The van der Waals surface area contributed by atoms with E-state index in [9.17, 15) is 13.6 Å². The molecule has 0 radical (unpaired) electrons. The van der Waals surface area contributed by atoms with Gasteiger partial charge < -0.3 is 14.9 Å². The van der Waals surface area contributed by atoms with Gasteiger partial charge in [-0.3, -0.25) is 0 Å². The highest BCUT2D eigenvalue weighted by atomic mass is 19.3. The lowest BCUT2D eigenvalue weighted by molar-refractivity contribution is -0.129. The molecule has 2 N–H and O–H groups in total. The number of nitrogens with two attached hydrogens (primary N) is 1. The molecule has 1 saturated carbocycles. The fourth-order valence-electron chi connectivity index (χ4n) is 2.19. The molecule has 0 atom stereocenters. The third-order valence-electron chi connectivity index (χ3n) is 3.10. The van der Waals surface area contributed by atoms with Crippen molar-refractivity contribution < 1.29 is 22.7 Å². The van der Waals surface area contributed by atoms with Crippen molar-refractivity contribution in [1.29, 1.82) is 0 Å². The minimum Gasteiger partial charge on any atom is -0.463 e. The maximum Gasteiger partial charge on any atom is 0.373 e. The molecule has 1 aliphatic rings. The summed E-state index contributed by atoms with van der Waals surface area (Å²) in [6, 6.07) is 2.92. The lowest BCUT2D eigenvalue weighted by Gasteiger charge is -2.45. The first-order chi connectivity index (χ1) is 7.92. The molecule has 2 rings (SSSR count). The number of halogens is 2. The number of ether oxygens (including phenoxy) is 1. The first-order valence-corrected chi connectivity index (χ1v) is 5.19. The molecule has 0 bridgehead atoms. The van der Waals surface area contributed by atoms with Gasteiger partial charge in [0, 0.05) is 19.4 Å². The molecule has 0 aromatic carbocycles. The Morgan fingerprint density at radius 3 is 2.65 bits per heavy atom. The molecule has 17 heavy (non-hydrogen) atoms. The van der Waals surface area contributed by atoms with Crippen molar-refractivity contribution in [2.24, 2.45) is 5.73 Å². The summed E-state index contributed by atoms with van der Waals surface area (Å²) in [5.74, 6) is -3.00. The SMILES string of the molecule is COC(=O)c1ccc(C2(CN)CC(F)(F)C2)o1. The number of alkyl halides is 2. The Kier molecular flexibility index (Phi) is 2.69. The van der Waals surface area contributed by atoms with Gasteiger partial charge in [0.1, 0.15) is 5.76 Å². The van der Waals surface area contributed by atoms with Crippen molar-refractivity contribution in [3.05, 3.63) is 23.7 Å². The molecule has 4 nitrogen and oxygen atoms in total. The van der Waals surface area contributed by atoms with E-state index in [1.165, 1.54) is 19.2 Å². The molecule has 1 fully saturated rings. The summed E-state index contributed by atoms with van der Waals surface area (Å²) in [4.78, 5) is 11.2. The van der Waals surface area contributed by atoms with Crippen molar-refractivity contribution in [1.82, 2.24) is 0 Å². The molecule has 0 amide bonds. The summed E-state index contributed by atoms with van der Waals surface area (Å²) >= 11 is 0. The summed E-state index contributed by atoms with van der Waals surface area (Å²) in [5.41, 5.74) is 4.68. The van der Waals surface area contributed by atoms with Gasteiger partial charge in [-0.15, -0.1) is 0 Å². The molecule has 1 aromatic rings. The number of furan rings is 1. The van der Waals surface area contributed by atoms with Crippen molar-refractivity contribution in [3.63, 3.8) is 0 Å². The number of hydrogen-bond acceptors (Lipinski definition) is 4. The summed E-state index contributed by atoms with van der Waals surface area (Å²) < 4.78 is 35.6. The van der Waals surface area contributed by atoms with Crippen molar-refractivity contribution in [2.75, 3.05) is 13.7 Å². The van der Waals surface area contributed by atoms with Crippen molar-refractivity contribution >= 4 is 5.97 Å². The van der Waals surface area contributed by atoms with Gasteiger partial charge in [-0.05, 0) is 12.1 Å². The predicted octanol–water partition coefficient (Wildman–Crippen LogP) is 1.69. The zero-order valence-electron chi connectivity index (χ0n) is 9.33. The number of carbonyl (C=O) groups excluding carboxylic acids is 1. The third-order valence-corrected chi connectivity index (χ3v) is 3.10. The van der Waals surface area contributed by atoms with Crippen LogP contribution in [0.15, 0.2) is 16.5 Å². The van der Waals surface area contributed by atoms with Gasteiger partial charge >= 0.3 is 5.97 Å². The smallest absolute Gasteiger partial charge is 0.373 e. The van der Waals surface area contributed by atoms with Gasteiger partial charge in [0.05, 0.1) is 12.5 Å². The summed E-state index contributed by atoms with van der Waals surface area (Å²) in [6.45, 7) is 0.0662. The fourth-order valence-corrected chi connectivity index (χ4v) is 2.19. The van der Waals surface area contributed by atoms with E-state index in [1.807, 2.05) is 0 Å². The average molecular weight is 245 g/mol. The molecule has 0 spiro atoms. The Balaban J connectivity index is 2.22. The van der Waals surface area contributed by atoms with Gasteiger partial charge in [-0.25, -0.2) is 13.6 Å². The Morgan fingerprint density at radius 2 is 2.18 bits per heavy atom. The van der Waals surface area contributed by atoms with E-state index in [1.54, 1.807) is 0 Å². The Hall–Kier alpha value is -1.43. The second-order valence-corrected chi connectivity index (χ2v) is 4.35. The molecule has 0 aliphatic heterocycles. The normalized spacial score (nSPS) is 20.7. The minimum atomic E-state index is -2.70. The monoisotopic (exact) mass is 245 g/mol. The molecule has 1 aromatic heterocycles. The van der Waals surface area contributed by atoms with E-state index in [0.29, 0.717) is 5.76 Å². The quantitative estimate of drug-likeness (QED) is 0.823. The van der Waals surface area contributed by atoms with Gasteiger partial charge in [-0.2, -0.15) is 0 Å². The van der Waals surface area contributed by atoms with E-state index >= 15 is 0 Å². The standard InChI is InChI=1S/C11H13F2NO3/c1-16-9(15)7-2-3-8(17-7)10(6-14)4-11(12,13)5-10/h2-3H,4-6,14H2,1H3. The number of rotatable bonds is 3. The molecule has 94 valence electrons. The summed E-state index contributed by atoms with van der Waals surface area (Å²) in [7, 11) is 1.22. The van der Waals surface area contributed by atoms with E-state index < -0.39 is 17.3 Å². The van der Waals surface area contributed by atoms with Crippen LogP contribution in [0.2, 0.25) is 0 Å². The first-order valence-electron chi connectivity index (χ1n) is 5.19. The predicted molar refractivity (Wildman–Crippen MR) is 55.0 cm³/mol. The lowest BCUT2D eigenvalue weighted by Crippen LogP contribution is -2.53. The Labute approximate surface area is 96.7 Å². The molecular weight excluding hydrogens is 232 g/mol. The Bertz CT molecular complexity index is 434. The van der Waals surface area contributed by atoms with Crippen LogP contribution in [0.25, 0.3) is 0 Å². The topological polar surface area (TPSA) is 65.5 Å². The van der Waals surface area contributed by atoms with Gasteiger partial charge in [0.25, 0.3) is 0 Å². The van der Waals surface area contributed by atoms with Gasteiger partial charge in [-0.1, -0.05) is 0 Å². The summed E-state index contributed by atoms with van der Waals surface area (Å²) in [5, 5.41) is 0. The van der Waals surface area contributed by atoms with E-state index in [-0.39, 0.29) is 25.1 Å². The number of hydrogen-bond donors (Lipinski definition) is 1. The van der Waals surface area contributed by atoms with E-state index in [2.05, 4.69) is 4.74 Å². The van der Waals surface area contributed by atoms with Crippen LogP contribution in [-0.4, -0.2) is 25.5 Å². The minimum absolute atomic E-state index is 0.00513. The summed E-state index contributed by atoms with van der Waals surface area (Å²) in [6.07, 6.45) is -0.685. The maximum absolute atomic E-state index is 12.9. The molecule has 6 heteroatoms. The van der Waals surface area contributed by atoms with Crippen LogP contribution in [-0.2, 0) is 10.2 Å². The molecule has 1 heterocycles. The number of carbonyl (C=O) groups is 1. The fraction of sp³-hybridized carbons (Fsp3) is 0.545. The van der Waals surface area contributed by atoms with Crippen LogP contribution >= 0.6 is 0 Å². The van der Waals surface area contributed by atoms with Crippen LogP contribution in [0.5, 0.6) is 0 Å². The lowest BCUT2D eigenvalue weighted by atomic mass is 9.64. The highest BCUT2D eigenvalue weighted by molar-refractivity contribution is 5.86. The van der Waals surface area contributed by atoms with Gasteiger partial charge in [0.2, 0.25) is 11.7 Å². The van der Waals surface area contributed by atoms with Crippen LogP contribution < -0.4 is 5.73 Å². The van der Waals surface area contributed by atoms with E-state index in [4.69, 9.17) is 10.2 Å². The average Bonchev–Trinajstić information content (AvgIpc) is 2.73. The second-order valence-electron chi connectivity index (χ2n) is 4.35. The second kappa shape index (κ2) is 3.80. The molecular formula is C11H13F2NO3. The largest absolute Gasteiger partial charge is 0.463 e. The zero-order valence-corrected chi connectivity index (χ0v) is 9.33. The highest BCUT2D eigenvalue weighted by Gasteiger charge is 2.58. The number of methoxy groups -OCH3 is 1. The number of esters is 1. The van der Waals surface area contributed by atoms with Crippen LogP contribution in [0.4, 0.5) is 8.78 Å².